The molecule has 0 fully saturated rings. The molecular weight excluding hydrogens is 313 g/mol. The van der Waals surface area contributed by atoms with Crippen LogP contribution in [0, 0.1) is 17.7 Å². The standard InChI is InChI=1S/C22H16FNO/c23-22-14-13-20(12-11-18-7-3-1-4-8-18)21(15-22)16-24-25-17-19-9-5-2-6-10-19/h1-10,13-16H,17H2/b24-16+. The highest BCUT2D eigenvalue weighted by Crippen LogP contribution is 2.09. The van der Waals surface area contributed by atoms with Crippen LogP contribution >= 0.6 is 0 Å². The van der Waals surface area contributed by atoms with E-state index in [1.165, 1.54) is 18.3 Å². The Labute approximate surface area is 146 Å². The minimum atomic E-state index is -0.338. The molecule has 0 aliphatic carbocycles. The van der Waals surface area contributed by atoms with Gasteiger partial charge in [-0.2, -0.15) is 0 Å². The number of hydrogen-bond acceptors (Lipinski definition) is 2. The summed E-state index contributed by atoms with van der Waals surface area (Å²) in [5.74, 6) is 5.78. The van der Waals surface area contributed by atoms with Crippen LogP contribution in [0.5, 0.6) is 0 Å². The summed E-state index contributed by atoms with van der Waals surface area (Å²) >= 11 is 0. The van der Waals surface area contributed by atoms with Crippen molar-refractivity contribution in [1.82, 2.24) is 0 Å². The van der Waals surface area contributed by atoms with E-state index in [0.29, 0.717) is 17.7 Å². The Morgan fingerprint density at radius 2 is 1.60 bits per heavy atom. The Balaban J connectivity index is 1.73. The zero-order chi connectivity index (χ0) is 17.3. The van der Waals surface area contributed by atoms with E-state index >= 15 is 0 Å². The highest BCUT2D eigenvalue weighted by atomic mass is 19.1. The summed E-state index contributed by atoms with van der Waals surface area (Å²) in [5, 5.41) is 3.93. The second-order valence-corrected chi connectivity index (χ2v) is 5.34. The molecule has 0 amide bonds. The van der Waals surface area contributed by atoms with Gasteiger partial charge in [0.25, 0.3) is 0 Å². The third-order valence-electron chi connectivity index (χ3n) is 3.47. The lowest BCUT2D eigenvalue weighted by Crippen LogP contribution is -1.92. The first-order valence-corrected chi connectivity index (χ1v) is 7.87. The molecule has 0 bridgehead atoms. The predicted octanol–water partition coefficient (Wildman–Crippen LogP) is 4.78. The van der Waals surface area contributed by atoms with Crippen LogP contribution in [-0.2, 0) is 11.4 Å². The normalized spacial score (nSPS) is 10.3. The Kier molecular flexibility index (Phi) is 5.58. The predicted molar refractivity (Wildman–Crippen MR) is 97.6 cm³/mol. The summed E-state index contributed by atoms with van der Waals surface area (Å²) in [7, 11) is 0. The van der Waals surface area contributed by atoms with Crippen LogP contribution in [0.1, 0.15) is 22.3 Å². The molecule has 0 radical (unpaired) electrons. The summed E-state index contributed by atoms with van der Waals surface area (Å²) < 4.78 is 13.5. The largest absolute Gasteiger partial charge is 0.391 e. The lowest BCUT2D eigenvalue weighted by Gasteiger charge is -2.01. The van der Waals surface area contributed by atoms with Crippen LogP contribution in [0.3, 0.4) is 0 Å². The first-order valence-electron chi connectivity index (χ1n) is 7.87. The maximum Gasteiger partial charge on any atom is 0.142 e. The maximum atomic E-state index is 13.5. The average molecular weight is 329 g/mol. The molecule has 2 nitrogen and oxygen atoms in total. The van der Waals surface area contributed by atoms with Gasteiger partial charge in [0, 0.05) is 16.7 Å². The fraction of sp³-hybridized carbons (Fsp3) is 0.0455. The monoisotopic (exact) mass is 329 g/mol. The van der Waals surface area contributed by atoms with E-state index in [0.717, 1.165) is 11.1 Å². The number of rotatable bonds is 4. The summed E-state index contributed by atoms with van der Waals surface area (Å²) in [5.41, 5.74) is 3.19. The van der Waals surface area contributed by atoms with Crippen molar-refractivity contribution in [3.63, 3.8) is 0 Å². The maximum absolute atomic E-state index is 13.5. The molecule has 0 spiro atoms. The molecule has 0 saturated carbocycles. The lowest BCUT2D eigenvalue weighted by molar-refractivity contribution is 0.132. The van der Waals surface area contributed by atoms with Crippen LogP contribution in [0.4, 0.5) is 4.39 Å². The van der Waals surface area contributed by atoms with E-state index in [9.17, 15) is 4.39 Å². The van der Waals surface area contributed by atoms with Gasteiger partial charge in [0.1, 0.15) is 12.4 Å². The average Bonchev–Trinajstić information content (AvgIpc) is 2.66. The Morgan fingerprint density at radius 3 is 2.36 bits per heavy atom. The molecule has 0 N–H and O–H groups in total. The van der Waals surface area contributed by atoms with Crippen molar-refractivity contribution in [3.8, 4) is 11.8 Å². The van der Waals surface area contributed by atoms with Gasteiger partial charge in [-0.25, -0.2) is 4.39 Å². The van der Waals surface area contributed by atoms with Crippen molar-refractivity contribution in [2.75, 3.05) is 0 Å². The number of oxime groups is 1. The second-order valence-electron chi connectivity index (χ2n) is 5.34. The summed E-state index contributed by atoms with van der Waals surface area (Å²) in [4.78, 5) is 5.28. The van der Waals surface area contributed by atoms with Gasteiger partial charge < -0.3 is 4.84 Å². The van der Waals surface area contributed by atoms with Crippen molar-refractivity contribution >= 4 is 6.21 Å². The van der Waals surface area contributed by atoms with Crippen molar-refractivity contribution in [3.05, 3.63) is 107 Å². The van der Waals surface area contributed by atoms with E-state index in [2.05, 4.69) is 17.0 Å². The van der Waals surface area contributed by atoms with Gasteiger partial charge in [0.15, 0.2) is 0 Å². The molecule has 122 valence electrons. The molecule has 0 unspecified atom stereocenters. The van der Waals surface area contributed by atoms with Gasteiger partial charge in [-0.1, -0.05) is 65.5 Å². The minimum Gasteiger partial charge on any atom is -0.391 e. The smallest absolute Gasteiger partial charge is 0.142 e. The van der Waals surface area contributed by atoms with Crippen LogP contribution in [0.25, 0.3) is 0 Å². The van der Waals surface area contributed by atoms with Crippen molar-refractivity contribution in [1.29, 1.82) is 0 Å². The summed E-state index contributed by atoms with van der Waals surface area (Å²) in [6.07, 6.45) is 1.49. The summed E-state index contributed by atoms with van der Waals surface area (Å²) in [6, 6.07) is 23.8. The molecule has 3 aromatic carbocycles. The van der Waals surface area contributed by atoms with Gasteiger partial charge in [0.2, 0.25) is 0 Å². The first-order chi connectivity index (χ1) is 12.3. The lowest BCUT2D eigenvalue weighted by atomic mass is 10.1. The van der Waals surface area contributed by atoms with Crippen LogP contribution in [-0.4, -0.2) is 6.21 Å². The molecule has 25 heavy (non-hydrogen) atoms. The van der Waals surface area contributed by atoms with Crippen LogP contribution < -0.4 is 0 Å². The Morgan fingerprint density at radius 1 is 0.880 bits per heavy atom. The van der Waals surface area contributed by atoms with Crippen LogP contribution in [0.2, 0.25) is 0 Å². The minimum absolute atomic E-state index is 0.338. The van der Waals surface area contributed by atoms with E-state index in [-0.39, 0.29) is 5.82 Å². The third kappa shape index (κ3) is 5.05. The van der Waals surface area contributed by atoms with E-state index < -0.39 is 0 Å². The van der Waals surface area contributed by atoms with Crippen molar-refractivity contribution in [2.45, 2.75) is 6.61 Å². The topological polar surface area (TPSA) is 21.6 Å². The van der Waals surface area contributed by atoms with Crippen molar-refractivity contribution in [2.24, 2.45) is 5.16 Å². The van der Waals surface area contributed by atoms with Crippen LogP contribution in [0.15, 0.2) is 84.0 Å². The highest BCUT2D eigenvalue weighted by Gasteiger charge is 2.00. The number of nitrogens with zero attached hydrogens (tertiary/aromatic N) is 1. The Bertz CT molecular complexity index is 909. The number of benzene rings is 3. The molecular formula is C22H16FNO. The van der Waals surface area contributed by atoms with Crippen molar-refractivity contribution < 1.29 is 9.23 Å². The molecule has 0 atom stereocenters. The number of hydrogen-bond donors (Lipinski definition) is 0. The van der Waals surface area contributed by atoms with Gasteiger partial charge in [0.05, 0.1) is 6.21 Å². The van der Waals surface area contributed by atoms with Gasteiger partial charge >= 0.3 is 0 Å². The van der Waals surface area contributed by atoms with Gasteiger partial charge in [-0.15, -0.1) is 0 Å². The molecule has 0 aromatic heterocycles. The fourth-order valence-corrected chi connectivity index (χ4v) is 2.20. The zero-order valence-corrected chi connectivity index (χ0v) is 13.5. The third-order valence-corrected chi connectivity index (χ3v) is 3.47. The molecule has 3 heteroatoms. The fourth-order valence-electron chi connectivity index (χ4n) is 2.20. The Hall–Kier alpha value is -3.38. The van der Waals surface area contributed by atoms with E-state index in [4.69, 9.17) is 4.84 Å². The quantitative estimate of drug-likeness (QED) is 0.384. The molecule has 3 rings (SSSR count). The molecule has 3 aromatic rings. The van der Waals surface area contributed by atoms with E-state index in [1.807, 2.05) is 60.7 Å². The molecule has 0 saturated heterocycles. The molecule has 0 aliphatic rings. The zero-order valence-electron chi connectivity index (χ0n) is 13.5. The van der Waals surface area contributed by atoms with E-state index in [1.54, 1.807) is 6.07 Å². The second kappa shape index (κ2) is 8.47. The number of halogens is 1. The molecule has 0 heterocycles. The molecule has 0 aliphatic heterocycles. The summed E-state index contributed by atoms with van der Waals surface area (Å²) in [6.45, 7) is 0.359. The van der Waals surface area contributed by atoms with Gasteiger partial charge in [-0.05, 0) is 35.9 Å². The highest BCUT2D eigenvalue weighted by molar-refractivity contribution is 5.83. The SMILES string of the molecule is Fc1ccc(C#Cc2ccccc2)c(/C=N/OCc2ccccc2)c1. The first kappa shape index (κ1) is 16.5. The van der Waals surface area contributed by atoms with Gasteiger partial charge in [-0.3, -0.25) is 0 Å².